The van der Waals surface area contributed by atoms with Gasteiger partial charge in [0.25, 0.3) is 5.69 Å². The van der Waals surface area contributed by atoms with Gasteiger partial charge in [-0.05, 0) is 37.4 Å². The van der Waals surface area contributed by atoms with Crippen molar-refractivity contribution in [1.29, 1.82) is 0 Å². The Bertz CT molecular complexity index is 462. The molecule has 1 aromatic carbocycles. The predicted molar refractivity (Wildman–Crippen MR) is 75.8 cm³/mol. The quantitative estimate of drug-likeness (QED) is 0.515. The Morgan fingerprint density at radius 3 is 2.95 bits per heavy atom. The van der Waals surface area contributed by atoms with Crippen molar-refractivity contribution in [3.63, 3.8) is 0 Å². The van der Waals surface area contributed by atoms with E-state index in [1.807, 2.05) is 0 Å². The summed E-state index contributed by atoms with van der Waals surface area (Å²) >= 11 is 0. The summed E-state index contributed by atoms with van der Waals surface area (Å²) in [5.74, 6) is 0. The Labute approximate surface area is 113 Å². The van der Waals surface area contributed by atoms with Crippen LogP contribution >= 0.6 is 0 Å². The van der Waals surface area contributed by atoms with Crippen LogP contribution in [-0.4, -0.2) is 22.4 Å². The molecule has 1 unspecified atom stereocenters. The summed E-state index contributed by atoms with van der Waals surface area (Å²) in [7, 11) is 0. The molecule has 0 aliphatic carbocycles. The van der Waals surface area contributed by atoms with Gasteiger partial charge in [-0.3, -0.25) is 15.0 Å². The molecule has 2 rings (SSSR count). The third-order valence-electron chi connectivity index (χ3n) is 3.93. The molecule has 0 spiro atoms. The molecular weight excluding hydrogens is 242 g/mol. The van der Waals surface area contributed by atoms with Crippen LogP contribution in [0.1, 0.15) is 38.2 Å². The largest absolute Gasteiger partial charge is 0.398 e. The molecule has 1 saturated heterocycles. The van der Waals surface area contributed by atoms with E-state index in [1.54, 1.807) is 12.1 Å². The monoisotopic (exact) mass is 263 g/mol. The van der Waals surface area contributed by atoms with Gasteiger partial charge in [0.05, 0.1) is 4.92 Å². The number of nitrogens with zero attached hydrogens (tertiary/aromatic N) is 2. The van der Waals surface area contributed by atoms with Gasteiger partial charge in [-0.2, -0.15) is 0 Å². The molecule has 0 bridgehead atoms. The fourth-order valence-electron chi connectivity index (χ4n) is 2.79. The fraction of sp³-hybridized carbons (Fsp3) is 0.571. The second kappa shape index (κ2) is 6.02. The number of non-ortho nitro benzene ring substituents is 1. The molecule has 0 radical (unpaired) electrons. The zero-order valence-corrected chi connectivity index (χ0v) is 11.3. The van der Waals surface area contributed by atoms with Gasteiger partial charge in [-0.1, -0.05) is 13.3 Å². The average molecular weight is 263 g/mol. The Morgan fingerprint density at radius 1 is 1.47 bits per heavy atom. The van der Waals surface area contributed by atoms with Crippen LogP contribution in [-0.2, 0) is 6.54 Å². The number of piperidine rings is 1. The molecular formula is C14H21N3O2. The first-order valence-corrected chi connectivity index (χ1v) is 6.88. The van der Waals surface area contributed by atoms with Crippen LogP contribution < -0.4 is 5.73 Å². The van der Waals surface area contributed by atoms with Gasteiger partial charge in [0.1, 0.15) is 0 Å². The minimum absolute atomic E-state index is 0.120. The van der Waals surface area contributed by atoms with E-state index >= 15 is 0 Å². The van der Waals surface area contributed by atoms with E-state index < -0.39 is 0 Å². The summed E-state index contributed by atoms with van der Waals surface area (Å²) in [6.45, 7) is 3.96. The molecule has 1 aliphatic rings. The van der Waals surface area contributed by atoms with Crippen molar-refractivity contribution in [3.05, 3.63) is 33.9 Å². The van der Waals surface area contributed by atoms with Gasteiger partial charge in [0.2, 0.25) is 0 Å². The van der Waals surface area contributed by atoms with Crippen molar-refractivity contribution >= 4 is 11.4 Å². The lowest BCUT2D eigenvalue weighted by molar-refractivity contribution is -0.384. The van der Waals surface area contributed by atoms with Crippen LogP contribution in [0.5, 0.6) is 0 Å². The summed E-state index contributed by atoms with van der Waals surface area (Å²) < 4.78 is 0. The van der Waals surface area contributed by atoms with Crippen LogP contribution in [0.2, 0.25) is 0 Å². The predicted octanol–water partition coefficient (Wildman–Crippen LogP) is 2.94. The summed E-state index contributed by atoms with van der Waals surface area (Å²) in [6, 6.07) is 5.29. The van der Waals surface area contributed by atoms with E-state index in [0.717, 1.165) is 18.5 Å². The number of anilines is 1. The number of nitro benzene ring substituents is 1. The standard InChI is InChI=1S/C14H21N3O2/c1-2-12-5-3-4-8-16(12)10-11-9-13(17(18)19)6-7-14(11)15/h6-7,9,12H,2-5,8,10,15H2,1H3. The minimum Gasteiger partial charge on any atom is -0.398 e. The molecule has 0 amide bonds. The van der Waals surface area contributed by atoms with E-state index in [-0.39, 0.29) is 10.6 Å². The molecule has 1 fully saturated rings. The van der Waals surface area contributed by atoms with Crippen LogP contribution in [0.3, 0.4) is 0 Å². The maximum absolute atomic E-state index is 10.8. The van der Waals surface area contributed by atoms with Gasteiger partial charge < -0.3 is 5.73 Å². The van der Waals surface area contributed by atoms with E-state index in [2.05, 4.69) is 11.8 Å². The molecule has 1 atom stereocenters. The zero-order valence-electron chi connectivity index (χ0n) is 11.3. The van der Waals surface area contributed by atoms with Gasteiger partial charge in [0, 0.05) is 30.4 Å². The topological polar surface area (TPSA) is 72.4 Å². The van der Waals surface area contributed by atoms with E-state index in [9.17, 15) is 10.1 Å². The second-order valence-electron chi connectivity index (χ2n) is 5.17. The Balaban J connectivity index is 2.17. The van der Waals surface area contributed by atoms with Crippen LogP contribution in [0.4, 0.5) is 11.4 Å². The van der Waals surface area contributed by atoms with Crippen LogP contribution in [0.25, 0.3) is 0 Å². The highest BCUT2D eigenvalue weighted by Crippen LogP contribution is 2.26. The fourth-order valence-corrected chi connectivity index (χ4v) is 2.79. The number of nitro groups is 1. The zero-order chi connectivity index (χ0) is 13.8. The Morgan fingerprint density at radius 2 is 2.26 bits per heavy atom. The van der Waals surface area contributed by atoms with E-state index in [0.29, 0.717) is 18.3 Å². The maximum Gasteiger partial charge on any atom is 0.269 e. The third kappa shape index (κ3) is 3.23. The van der Waals surface area contributed by atoms with Crippen molar-refractivity contribution in [2.24, 2.45) is 0 Å². The van der Waals surface area contributed by atoms with Crippen molar-refractivity contribution in [2.75, 3.05) is 12.3 Å². The first kappa shape index (κ1) is 13.8. The molecule has 1 aromatic rings. The highest BCUT2D eigenvalue weighted by molar-refractivity contribution is 5.52. The maximum atomic E-state index is 10.8. The summed E-state index contributed by atoms with van der Waals surface area (Å²) in [4.78, 5) is 12.9. The highest BCUT2D eigenvalue weighted by atomic mass is 16.6. The van der Waals surface area contributed by atoms with Crippen LogP contribution in [0.15, 0.2) is 18.2 Å². The first-order valence-electron chi connectivity index (χ1n) is 6.88. The minimum atomic E-state index is -0.365. The molecule has 19 heavy (non-hydrogen) atoms. The number of nitrogens with two attached hydrogens (primary N) is 1. The first-order chi connectivity index (χ1) is 9.11. The molecule has 5 nitrogen and oxygen atoms in total. The molecule has 0 aromatic heterocycles. The van der Waals surface area contributed by atoms with Gasteiger partial charge in [-0.25, -0.2) is 0 Å². The molecule has 1 aliphatic heterocycles. The van der Waals surface area contributed by atoms with Crippen molar-refractivity contribution in [3.8, 4) is 0 Å². The number of hydrogen-bond donors (Lipinski definition) is 1. The molecule has 1 heterocycles. The number of benzene rings is 1. The van der Waals surface area contributed by atoms with Crippen molar-refractivity contribution in [2.45, 2.75) is 45.2 Å². The van der Waals surface area contributed by atoms with Crippen LogP contribution in [0, 0.1) is 10.1 Å². The lowest BCUT2D eigenvalue weighted by Crippen LogP contribution is -2.38. The number of likely N-dealkylation sites (tertiary alicyclic amines) is 1. The highest BCUT2D eigenvalue weighted by Gasteiger charge is 2.22. The van der Waals surface area contributed by atoms with Gasteiger partial charge in [0.15, 0.2) is 0 Å². The lowest BCUT2D eigenvalue weighted by atomic mass is 9.99. The average Bonchev–Trinajstić information content (AvgIpc) is 2.41. The van der Waals surface area contributed by atoms with Crippen molar-refractivity contribution < 1.29 is 4.92 Å². The van der Waals surface area contributed by atoms with Crippen molar-refractivity contribution in [1.82, 2.24) is 4.90 Å². The molecule has 104 valence electrons. The number of hydrogen-bond acceptors (Lipinski definition) is 4. The molecule has 2 N–H and O–H groups in total. The molecule has 5 heteroatoms. The summed E-state index contributed by atoms with van der Waals surface area (Å²) in [5, 5.41) is 10.8. The number of nitrogen functional groups attached to an aromatic ring is 1. The Kier molecular flexibility index (Phi) is 4.37. The molecule has 0 saturated carbocycles. The Hall–Kier alpha value is -1.62. The SMILES string of the molecule is CCC1CCCCN1Cc1cc([N+](=O)[O-])ccc1N. The van der Waals surface area contributed by atoms with E-state index in [1.165, 1.54) is 25.3 Å². The summed E-state index contributed by atoms with van der Waals surface area (Å²) in [5.41, 5.74) is 7.58. The third-order valence-corrected chi connectivity index (χ3v) is 3.93. The van der Waals surface area contributed by atoms with Gasteiger partial charge in [-0.15, -0.1) is 0 Å². The van der Waals surface area contributed by atoms with E-state index in [4.69, 9.17) is 5.73 Å². The lowest BCUT2D eigenvalue weighted by Gasteiger charge is -2.35. The second-order valence-corrected chi connectivity index (χ2v) is 5.17. The summed E-state index contributed by atoms with van der Waals surface area (Å²) in [6.07, 6.45) is 4.81. The number of rotatable bonds is 4. The van der Waals surface area contributed by atoms with Gasteiger partial charge >= 0.3 is 0 Å². The smallest absolute Gasteiger partial charge is 0.269 e. The normalized spacial score (nSPS) is 20.4.